The van der Waals surface area contributed by atoms with Gasteiger partial charge in [0.2, 0.25) is 0 Å². The lowest BCUT2D eigenvalue weighted by Crippen LogP contribution is -2.55. The molecule has 2 saturated heterocycles. The Hall–Kier alpha value is -2.38. The number of likely N-dealkylation sites (tertiary alicyclic amines) is 2. The number of rotatable bonds is 4. The zero-order valence-corrected chi connectivity index (χ0v) is 16.4. The molecule has 2 aliphatic heterocycles. The van der Waals surface area contributed by atoms with E-state index in [1.807, 2.05) is 24.3 Å². The summed E-state index contributed by atoms with van der Waals surface area (Å²) in [5.74, 6) is -3.52. The molecule has 0 aliphatic carbocycles. The summed E-state index contributed by atoms with van der Waals surface area (Å²) >= 11 is 5.90. The smallest absolute Gasteiger partial charge is 0.272 e. The summed E-state index contributed by atoms with van der Waals surface area (Å²) in [6.45, 7) is 0.603. The van der Waals surface area contributed by atoms with Crippen LogP contribution < -0.4 is 0 Å². The number of phenolic OH excluding ortho intramolecular Hbond substituents is 2. The summed E-state index contributed by atoms with van der Waals surface area (Å²) in [5, 5.41) is 19.6. The molecule has 0 aromatic heterocycles. The van der Waals surface area contributed by atoms with Gasteiger partial charge >= 0.3 is 0 Å². The first-order chi connectivity index (χ1) is 13.7. The number of halogens is 3. The van der Waals surface area contributed by atoms with Crippen LogP contribution in [0, 0.1) is 0 Å². The van der Waals surface area contributed by atoms with Crippen LogP contribution >= 0.6 is 11.6 Å². The number of benzene rings is 2. The molecule has 1 amide bonds. The number of aromatic hydroxyl groups is 2. The van der Waals surface area contributed by atoms with Gasteiger partial charge in [-0.2, -0.15) is 0 Å². The molecule has 0 spiro atoms. The first-order valence-electron chi connectivity index (χ1n) is 9.45. The van der Waals surface area contributed by atoms with E-state index in [4.69, 9.17) is 11.6 Å². The van der Waals surface area contributed by atoms with Gasteiger partial charge < -0.3 is 15.1 Å². The molecule has 2 fully saturated rings. The fourth-order valence-electron chi connectivity index (χ4n) is 4.06. The molecule has 0 radical (unpaired) electrons. The van der Waals surface area contributed by atoms with Crippen LogP contribution in [-0.4, -0.2) is 51.5 Å². The van der Waals surface area contributed by atoms with Crippen molar-refractivity contribution in [1.29, 1.82) is 0 Å². The van der Waals surface area contributed by atoms with Crippen molar-refractivity contribution in [3.8, 4) is 11.5 Å². The maximum absolute atomic E-state index is 13.0. The number of carbonyl (C=O) groups excluding carboxylic acids is 1. The quantitative estimate of drug-likeness (QED) is 0.775. The van der Waals surface area contributed by atoms with Gasteiger partial charge in [-0.05, 0) is 30.0 Å². The number of hydrogen-bond acceptors (Lipinski definition) is 4. The summed E-state index contributed by atoms with van der Waals surface area (Å²) in [4.78, 5) is 16.4. The predicted octanol–water partition coefficient (Wildman–Crippen LogP) is 4.18. The van der Waals surface area contributed by atoms with Crippen molar-refractivity contribution in [2.75, 3.05) is 19.6 Å². The van der Waals surface area contributed by atoms with Crippen LogP contribution in [0.4, 0.5) is 8.78 Å². The second kappa shape index (κ2) is 7.46. The van der Waals surface area contributed by atoms with Crippen molar-refractivity contribution in [1.82, 2.24) is 9.80 Å². The van der Waals surface area contributed by atoms with E-state index >= 15 is 0 Å². The van der Waals surface area contributed by atoms with Crippen molar-refractivity contribution in [3.63, 3.8) is 0 Å². The minimum absolute atomic E-state index is 0.00261. The molecule has 5 nitrogen and oxygen atoms in total. The molecule has 2 aromatic rings. The minimum Gasteiger partial charge on any atom is -0.507 e. The van der Waals surface area contributed by atoms with Crippen LogP contribution in [0.2, 0.25) is 5.02 Å². The highest BCUT2D eigenvalue weighted by Gasteiger charge is 2.43. The lowest BCUT2D eigenvalue weighted by Gasteiger charge is -2.38. The molecule has 29 heavy (non-hydrogen) atoms. The highest BCUT2D eigenvalue weighted by Crippen LogP contribution is 2.37. The highest BCUT2D eigenvalue weighted by atomic mass is 35.5. The summed E-state index contributed by atoms with van der Waals surface area (Å²) < 4.78 is 25.9. The van der Waals surface area contributed by atoms with Crippen LogP contribution in [0.15, 0.2) is 36.4 Å². The van der Waals surface area contributed by atoms with Crippen molar-refractivity contribution < 1.29 is 23.8 Å². The zero-order valence-electron chi connectivity index (χ0n) is 15.6. The molecular formula is C21H21ClF2N2O3. The lowest BCUT2D eigenvalue weighted by atomic mass is 10.0. The van der Waals surface area contributed by atoms with Crippen LogP contribution in [0.1, 0.15) is 40.4 Å². The number of alkyl halides is 2. The number of phenols is 2. The first-order valence-corrected chi connectivity index (χ1v) is 9.83. The Morgan fingerprint density at radius 2 is 1.83 bits per heavy atom. The number of carbonyl (C=O) groups is 1. The topological polar surface area (TPSA) is 64.0 Å². The molecule has 1 atom stereocenters. The summed E-state index contributed by atoms with van der Waals surface area (Å²) in [7, 11) is 0. The Morgan fingerprint density at radius 1 is 1.14 bits per heavy atom. The Bertz CT molecular complexity index is 928. The SMILES string of the molecule is O=C(c1cc(Cl)c(O)cc1O)N1CCC[C@H]1c1ccc(CN2CC(F)(F)C2)cc1. The molecule has 2 aliphatic rings. The summed E-state index contributed by atoms with van der Waals surface area (Å²) in [5.41, 5.74) is 1.95. The molecule has 2 N–H and O–H groups in total. The maximum atomic E-state index is 13.0. The van der Waals surface area contributed by atoms with Gasteiger partial charge in [0.15, 0.2) is 0 Å². The largest absolute Gasteiger partial charge is 0.507 e. The normalized spacial score (nSPS) is 21.2. The van der Waals surface area contributed by atoms with Gasteiger partial charge in [-0.15, -0.1) is 0 Å². The van der Waals surface area contributed by atoms with Crippen molar-refractivity contribution in [3.05, 3.63) is 58.1 Å². The molecule has 8 heteroatoms. The van der Waals surface area contributed by atoms with E-state index in [0.717, 1.165) is 30.0 Å². The van der Waals surface area contributed by atoms with Crippen LogP contribution in [0.5, 0.6) is 11.5 Å². The van der Waals surface area contributed by atoms with Gasteiger partial charge in [-0.3, -0.25) is 9.69 Å². The average molecular weight is 423 g/mol. The van der Waals surface area contributed by atoms with Crippen LogP contribution in [-0.2, 0) is 6.54 Å². The van der Waals surface area contributed by atoms with Gasteiger partial charge in [0.1, 0.15) is 11.5 Å². The zero-order chi connectivity index (χ0) is 20.8. The molecular weight excluding hydrogens is 402 g/mol. The second-order valence-electron chi connectivity index (χ2n) is 7.72. The fourth-order valence-corrected chi connectivity index (χ4v) is 4.22. The van der Waals surface area contributed by atoms with Gasteiger partial charge in [-0.25, -0.2) is 8.78 Å². The number of amides is 1. The molecule has 154 valence electrons. The van der Waals surface area contributed by atoms with Crippen molar-refractivity contribution >= 4 is 17.5 Å². The van der Waals surface area contributed by atoms with E-state index in [2.05, 4.69) is 0 Å². The number of hydrogen-bond donors (Lipinski definition) is 2. The van der Waals surface area contributed by atoms with E-state index in [9.17, 15) is 23.8 Å². The van der Waals surface area contributed by atoms with Crippen LogP contribution in [0.3, 0.4) is 0 Å². The van der Waals surface area contributed by atoms with E-state index in [1.165, 1.54) is 6.07 Å². The standard InChI is InChI=1S/C21H21ClF2N2O3/c22-16-8-15(18(27)9-19(16)28)20(29)26-7-1-2-17(26)14-5-3-13(4-6-14)10-25-11-21(23,24)12-25/h3-6,8-9,17,27-28H,1-2,7,10-12H2/t17-/m0/s1. The highest BCUT2D eigenvalue weighted by molar-refractivity contribution is 6.32. The first kappa shape index (κ1) is 19.9. The Labute approximate surface area is 172 Å². The van der Waals surface area contributed by atoms with E-state index in [1.54, 1.807) is 9.80 Å². The number of nitrogens with zero attached hydrogens (tertiary/aromatic N) is 2. The van der Waals surface area contributed by atoms with Gasteiger partial charge in [0.05, 0.1) is 29.7 Å². The molecule has 0 bridgehead atoms. The van der Waals surface area contributed by atoms with Crippen molar-refractivity contribution in [2.24, 2.45) is 0 Å². The van der Waals surface area contributed by atoms with Crippen LogP contribution in [0.25, 0.3) is 0 Å². The van der Waals surface area contributed by atoms with Gasteiger partial charge in [-0.1, -0.05) is 35.9 Å². The summed E-state index contributed by atoms with van der Waals surface area (Å²) in [6.07, 6.45) is 1.61. The third-order valence-electron chi connectivity index (χ3n) is 5.49. The van der Waals surface area contributed by atoms with Gasteiger partial charge in [0.25, 0.3) is 11.8 Å². The third-order valence-corrected chi connectivity index (χ3v) is 5.79. The molecule has 2 aromatic carbocycles. The Morgan fingerprint density at radius 3 is 2.48 bits per heavy atom. The Kier molecular flexibility index (Phi) is 5.12. The average Bonchev–Trinajstić information content (AvgIpc) is 3.13. The van der Waals surface area contributed by atoms with E-state index in [-0.39, 0.29) is 47.1 Å². The van der Waals surface area contributed by atoms with E-state index in [0.29, 0.717) is 13.1 Å². The lowest BCUT2D eigenvalue weighted by molar-refractivity contribution is -0.133. The summed E-state index contributed by atoms with van der Waals surface area (Å²) in [6, 6.07) is 9.85. The molecule has 0 unspecified atom stereocenters. The van der Waals surface area contributed by atoms with Gasteiger partial charge in [0, 0.05) is 19.2 Å². The maximum Gasteiger partial charge on any atom is 0.272 e. The second-order valence-corrected chi connectivity index (χ2v) is 8.13. The molecule has 0 saturated carbocycles. The third kappa shape index (κ3) is 4.02. The molecule has 4 rings (SSSR count). The predicted molar refractivity (Wildman–Crippen MR) is 104 cm³/mol. The fraction of sp³-hybridized carbons (Fsp3) is 0.381. The minimum atomic E-state index is -2.58. The van der Waals surface area contributed by atoms with Crippen molar-refractivity contribution in [2.45, 2.75) is 31.4 Å². The molecule has 2 heterocycles. The monoisotopic (exact) mass is 422 g/mol. The Balaban J connectivity index is 1.48. The van der Waals surface area contributed by atoms with E-state index < -0.39 is 5.92 Å².